The fourth-order valence-corrected chi connectivity index (χ4v) is 1.37. The normalized spacial score (nSPS) is 17.2. The Balaban J connectivity index is 1.94. The highest BCUT2D eigenvalue weighted by Gasteiger charge is 2.13. The van der Waals surface area contributed by atoms with Crippen molar-refractivity contribution in [2.45, 2.75) is 39.2 Å². The second-order valence-electron chi connectivity index (χ2n) is 3.84. The van der Waals surface area contributed by atoms with Crippen LogP contribution in [0.3, 0.4) is 0 Å². The summed E-state index contributed by atoms with van der Waals surface area (Å²) in [7, 11) is 0. The number of hydrogen-bond acceptors (Lipinski definition) is 3. The molecule has 3 nitrogen and oxygen atoms in total. The molecular formula is C10H19NO2. The van der Waals surface area contributed by atoms with Crippen LogP contribution < -0.4 is 0 Å². The Morgan fingerprint density at radius 1 is 1.46 bits per heavy atom. The second-order valence-corrected chi connectivity index (χ2v) is 3.84. The minimum Gasteiger partial charge on any atom is -0.463 e. The lowest BCUT2D eigenvalue weighted by molar-refractivity contribution is -0.147. The van der Waals surface area contributed by atoms with Crippen LogP contribution in [0.15, 0.2) is 0 Å². The lowest BCUT2D eigenvalue weighted by Gasteiger charge is -2.30. The van der Waals surface area contributed by atoms with Crippen LogP contribution in [0.1, 0.15) is 33.1 Å². The van der Waals surface area contributed by atoms with Gasteiger partial charge >= 0.3 is 5.97 Å². The molecule has 1 rings (SSSR count). The van der Waals surface area contributed by atoms with Crippen LogP contribution in [-0.2, 0) is 9.53 Å². The summed E-state index contributed by atoms with van der Waals surface area (Å²) in [6.07, 6.45) is 2.84. The highest BCUT2D eigenvalue weighted by Crippen LogP contribution is 2.07. The lowest BCUT2D eigenvalue weighted by atomic mass is 10.2. The van der Waals surface area contributed by atoms with Crippen molar-refractivity contribution < 1.29 is 9.53 Å². The molecule has 1 aliphatic heterocycles. The van der Waals surface area contributed by atoms with E-state index >= 15 is 0 Å². The summed E-state index contributed by atoms with van der Waals surface area (Å²) in [4.78, 5) is 13.5. The van der Waals surface area contributed by atoms with Gasteiger partial charge in [-0.3, -0.25) is 4.79 Å². The molecule has 0 aromatic heterocycles. The maximum absolute atomic E-state index is 11.1. The molecule has 0 saturated carbocycles. The fourth-order valence-electron chi connectivity index (χ4n) is 1.37. The Labute approximate surface area is 80.1 Å². The van der Waals surface area contributed by atoms with E-state index in [9.17, 15) is 4.79 Å². The summed E-state index contributed by atoms with van der Waals surface area (Å²) in [5.41, 5.74) is 0. The molecule has 13 heavy (non-hydrogen) atoms. The molecule has 76 valence electrons. The molecule has 1 heterocycles. The maximum atomic E-state index is 11.1. The molecule has 0 radical (unpaired) electrons. The van der Waals surface area contributed by atoms with E-state index in [1.165, 1.54) is 19.5 Å². The van der Waals surface area contributed by atoms with Crippen LogP contribution in [0.5, 0.6) is 0 Å². The molecule has 1 aliphatic rings. The lowest BCUT2D eigenvalue weighted by Crippen LogP contribution is -2.37. The topological polar surface area (TPSA) is 29.5 Å². The molecule has 1 saturated heterocycles. The van der Waals surface area contributed by atoms with Gasteiger partial charge in [0.15, 0.2) is 0 Å². The molecule has 0 spiro atoms. The average molecular weight is 185 g/mol. The first-order valence-electron chi connectivity index (χ1n) is 5.10. The summed E-state index contributed by atoms with van der Waals surface area (Å²) in [5, 5.41) is 0. The van der Waals surface area contributed by atoms with Crippen molar-refractivity contribution in [2.75, 3.05) is 19.6 Å². The fraction of sp³-hybridized carbons (Fsp3) is 0.900. The van der Waals surface area contributed by atoms with Gasteiger partial charge in [0, 0.05) is 6.42 Å². The largest absolute Gasteiger partial charge is 0.463 e. The first kappa shape index (κ1) is 10.5. The Bertz CT molecular complexity index is 164. The van der Waals surface area contributed by atoms with Crippen LogP contribution in [-0.4, -0.2) is 36.6 Å². The standard InChI is InChI=1S/C10H19NO2/c1-9(2)13-10(12)5-3-6-11-7-4-8-11/h9H,3-8H2,1-2H3. The number of carbonyl (C=O) groups excluding carboxylic acids is 1. The van der Waals surface area contributed by atoms with Gasteiger partial charge in [0.2, 0.25) is 0 Å². The van der Waals surface area contributed by atoms with Crippen molar-refractivity contribution >= 4 is 5.97 Å². The summed E-state index contributed by atoms with van der Waals surface area (Å²) in [6.45, 7) is 7.23. The van der Waals surface area contributed by atoms with Gasteiger partial charge in [-0.2, -0.15) is 0 Å². The average Bonchev–Trinajstić information content (AvgIpc) is 1.92. The molecule has 0 unspecified atom stereocenters. The van der Waals surface area contributed by atoms with Crippen molar-refractivity contribution in [3.05, 3.63) is 0 Å². The SMILES string of the molecule is CC(C)OC(=O)CCCN1CCC1. The Morgan fingerprint density at radius 2 is 2.15 bits per heavy atom. The van der Waals surface area contributed by atoms with Gasteiger partial charge in [-0.1, -0.05) is 0 Å². The van der Waals surface area contributed by atoms with E-state index in [0.717, 1.165) is 13.0 Å². The van der Waals surface area contributed by atoms with Crippen molar-refractivity contribution in [1.29, 1.82) is 0 Å². The van der Waals surface area contributed by atoms with Crippen molar-refractivity contribution in [3.63, 3.8) is 0 Å². The highest BCUT2D eigenvalue weighted by molar-refractivity contribution is 5.69. The van der Waals surface area contributed by atoms with Gasteiger partial charge in [0.25, 0.3) is 0 Å². The van der Waals surface area contributed by atoms with Crippen LogP contribution in [0, 0.1) is 0 Å². The van der Waals surface area contributed by atoms with E-state index in [1.54, 1.807) is 0 Å². The van der Waals surface area contributed by atoms with E-state index in [-0.39, 0.29) is 12.1 Å². The monoisotopic (exact) mass is 185 g/mol. The molecule has 0 aliphatic carbocycles. The summed E-state index contributed by atoms with van der Waals surface area (Å²) in [5.74, 6) is -0.0597. The van der Waals surface area contributed by atoms with Gasteiger partial charge in [0.1, 0.15) is 0 Å². The Hall–Kier alpha value is -0.570. The third-order valence-electron chi connectivity index (χ3n) is 2.17. The van der Waals surface area contributed by atoms with Crippen LogP contribution in [0.25, 0.3) is 0 Å². The van der Waals surface area contributed by atoms with Gasteiger partial charge in [0.05, 0.1) is 6.10 Å². The molecule has 0 N–H and O–H groups in total. The summed E-state index contributed by atoms with van der Waals surface area (Å²) in [6, 6.07) is 0. The number of carbonyl (C=O) groups is 1. The number of likely N-dealkylation sites (tertiary alicyclic amines) is 1. The molecule has 0 atom stereocenters. The molecule has 1 fully saturated rings. The van der Waals surface area contributed by atoms with Crippen molar-refractivity contribution in [2.24, 2.45) is 0 Å². The molecule has 0 aromatic carbocycles. The van der Waals surface area contributed by atoms with E-state index in [4.69, 9.17) is 4.74 Å². The Kier molecular flexibility index (Phi) is 4.22. The minimum absolute atomic E-state index is 0.0245. The number of hydrogen-bond donors (Lipinski definition) is 0. The smallest absolute Gasteiger partial charge is 0.306 e. The zero-order valence-electron chi connectivity index (χ0n) is 8.58. The summed E-state index contributed by atoms with van der Waals surface area (Å²) >= 11 is 0. The molecule has 0 aromatic rings. The molecular weight excluding hydrogens is 166 g/mol. The summed E-state index contributed by atoms with van der Waals surface area (Å²) < 4.78 is 5.03. The van der Waals surface area contributed by atoms with E-state index < -0.39 is 0 Å². The third-order valence-corrected chi connectivity index (χ3v) is 2.17. The van der Waals surface area contributed by atoms with Gasteiger partial charge < -0.3 is 9.64 Å². The number of ether oxygens (including phenoxy) is 1. The molecule has 0 amide bonds. The van der Waals surface area contributed by atoms with Gasteiger partial charge in [-0.15, -0.1) is 0 Å². The van der Waals surface area contributed by atoms with E-state index in [0.29, 0.717) is 6.42 Å². The first-order chi connectivity index (χ1) is 6.18. The van der Waals surface area contributed by atoms with Crippen molar-refractivity contribution in [1.82, 2.24) is 4.90 Å². The predicted molar refractivity (Wildman–Crippen MR) is 51.5 cm³/mol. The van der Waals surface area contributed by atoms with E-state index in [2.05, 4.69) is 4.90 Å². The zero-order valence-corrected chi connectivity index (χ0v) is 8.58. The second kappa shape index (κ2) is 5.22. The zero-order chi connectivity index (χ0) is 9.68. The van der Waals surface area contributed by atoms with Crippen LogP contribution in [0.4, 0.5) is 0 Å². The van der Waals surface area contributed by atoms with Gasteiger partial charge in [-0.05, 0) is 46.3 Å². The highest BCUT2D eigenvalue weighted by atomic mass is 16.5. The predicted octanol–water partition coefficient (Wildman–Crippen LogP) is 1.42. The Morgan fingerprint density at radius 3 is 2.62 bits per heavy atom. The van der Waals surface area contributed by atoms with Crippen LogP contribution in [0.2, 0.25) is 0 Å². The maximum Gasteiger partial charge on any atom is 0.306 e. The number of rotatable bonds is 5. The van der Waals surface area contributed by atoms with Gasteiger partial charge in [-0.25, -0.2) is 0 Å². The molecule has 0 bridgehead atoms. The van der Waals surface area contributed by atoms with Crippen LogP contribution >= 0.6 is 0 Å². The van der Waals surface area contributed by atoms with Crippen molar-refractivity contribution in [3.8, 4) is 0 Å². The quantitative estimate of drug-likeness (QED) is 0.607. The number of esters is 1. The first-order valence-corrected chi connectivity index (χ1v) is 5.10. The number of nitrogens with zero attached hydrogens (tertiary/aromatic N) is 1. The molecule has 3 heteroatoms. The minimum atomic E-state index is -0.0597. The van der Waals surface area contributed by atoms with E-state index in [1.807, 2.05) is 13.8 Å². The third kappa shape index (κ3) is 4.27.